The number of rotatable bonds is 5. The molecular formula is C27H30N2O4S. The van der Waals surface area contributed by atoms with Gasteiger partial charge in [0.25, 0.3) is 5.56 Å². The average Bonchev–Trinajstić information content (AvgIpc) is 3.29. The number of nitrogens with zero attached hydrogens (tertiary/aromatic N) is 1. The number of fused-ring (bicyclic) bond motifs is 3. The van der Waals surface area contributed by atoms with Gasteiger partial charge in [0.1, 0.15) is 16.1 Å². The number of amides is 1. The molecule has 178 valence electrons. The van der Waals surface area contributed by atoms with Crippen LogP contribution in [0, 0.1) is 0 Å². The van der Waals surface area contributed by atoms with Crippen LogP contribution in [0.4, 0.5) is 4.79 Å². The normalized spacial score (nSPS) is 12.6. The van der Waals surface area contributed by atoms with E-state index in [1.165, 1.54) is 11.3 Å². The van der Waals surface area contributed by atoms with Crippen LogP contribution in [-0.2, 0) is 4.74 Å². The summed E-state index contributed by atoms with van der Waals surface area (Å²) in [7, 11) is 3.42. The number of hydrogen-bond acceptors (Lipinski definition) is 5. The number of aromatic amines is 1. The van der Waals surface area contributed by atoms with E-state index in [1.807, 2.05) is 68.6 Å². The van der Waals surface area contributed by atoms with Crippen molar-refractivity contribution in [2.45, 2.75) is 45.8 Å². The number of hydrogen-bond donors (Lipinski definition) is 1. The molecular weight excluding hydrogens is 448 g/mol. The zero-order chi connectivity index (χ0) is 24.6. The van der Waals surface area contributed by atoms with Gasteiger partial charge in [-0.25, -0.2) is 4.79 Å². The van der Waals surface area contributed by atoms with Crippen molar-refractivity contribution < 1.29 is 14.3 Å². The summed E-state index contributed by atoms with van der Waals surface area (Å²) >= 11 is 1.43. The first-order valence-electron chi connectivity index (χ1n) is 11.3. The molecule has 34 heavy (non-hydrogen) atoms. The van der Waals surface area contributed by atoms with Gasteiger partial charge >= 0.3 is 6.09 Å². The summed E-state index contributed by atoms with van der Waals surface area (Å²) in [5.41, 5.74) is 3.06. The van der Waals surface area contributed by atoms with Crippen molar-refractivity contribution in [2.24, 2.45) is 0 Å². The Balaban J connectivity index is 1.78. The lowest BCUT2D eigenvalue weighted by Crippen LogP contribution is -2.36. The first-order valence-corrected chi connectivity index (χ1v) is 12.2. The van der Waals surface area contributed by atoms with Gasteiger partial charge in [-0.15, -0.1) is 11.3 Å². The second kappa shape index (κ2) is 9.14. The van der Waals surface area contributed by atoms with Crippen molar-refractivity contribution in [1.82, 2.24) is 9.88 Å². The molecule has 1 amide bonds. The van der Waals surface area contributed by atoms with E-state index in [0.717, 1.165) is 45.1 Å². The monoisotopic (exact) mass is 478 g/mol. The van der Waals surface area contributed by atoms with Crippen molar-refractivity contribution >= 4 is 38.4 Å². The van der Waals surface area contributed by atoms with E-state index in [-0.39, 0.29) is 17.7 Å². The number of carbonyl (C=O) groups excluding carboxylic acids is 1. The van der Waals surface area contributed by atoms with Gasteiger partial charge in [-0.2, -0.15) is 0 Å². The SMILES string of the molecule is CCC(c1ccc(-c2c(OC)ccc3[nH]c(=O)c4sccc4c23)cc1)N(C)C(=O)OC(C)(C)C. The number of benzene rings is 2. The second-order valence-electron chi connectivity index (χ2n) is 9.32. The van der Waals surface area contributed by atoms with E-state index in [9.17, 15) is 9.59 Å². The summed E-state index contributed by atoms with van der Waals surface area (Å²) < 4.78 is 12.0. The fourth-order valence-corrected chi connectivity index (χ4v) is 5.15. The zero-order valence-electron chi connectivity index (χ0n) is 20.4. The summed E-state index contributed by atoms with van der Waals surface area (Å²) in [6, 6.07) is 13.8. The Hall–Kier alpha value is -3.32. The number of carbonyl (C=O) groups is 1. The van der Waals surface area contributed by atoms with Crippen molar-refractivity contribution in [3.05, 3.63) is 63.8 Å². The summed E-state index contributed by atoms with van der Waals surface area (Å²) in [5, 5.41) is 3.81. The van der Waals surface area contributed by atoms with Gasteiger partial charge in [-0.3, -0.25) is 4.79 Å². The molecule has 2 heterocycles. The Morgan fingerprint density at radius 1 is 1.12 bits per heavy atom. The van der Waals surface area contributed by atoms with Crippen LogP contribution >= 0.6 is 11.3 Å². The number of methoxy groups -OCH3 is 1. The van der Waals surface area contributed by atoms with Crippen LogP contribution in [-0.4, -0.2) is 35.7 Å². The molecule has 0 fully saturated rings. The first kappa shape index (κ1) is 23.8. The number of ether oxygens (including phenoxy) is 2. The highest BCUT2D eigenvalue weighted by atomic mass is 32.1. The Labute approximate surface area is 203 Å². The van der Waals surface area contributed by atoms with Crippen LogP contribution in [0.3, 0.4) is 0 Å². The largest absolute Gasteiger partial charge is 0.496 e. The predicted octanol–water partition coefficient (Wildman–Crippen LogP) is 6.74. The molecule has 0 aliphatic carbocycles. The molecule has 0 spiro atoms. The van der Waals surface area contributed by atoms with Gasteiger partial charge in [-0.1, -0.05) is 31.2 Å². The Kier molecular flexibility index (Phi) is 6.41. The average molecular weight is 479 g/mol. The van der Waals surface area contributed by atoms with E-state index in [4.69, 9.17) is 9.47 Å². The molecule has 4 aromatic rings. The molecule has 0 saturated heterocycles. The van der Waals surface area contributed by atoms with Crippen LogP contribution < -0.4 is 10.3 Å². The van der Waals surface area contributed by atoms with E-state index in [0.29, 0.717) is 4.70 Å². The lowest BCUT2D eigenvalue weighted by Gasteiger charge is -2.30. The summed E-state index contributed by atoms with van der Waals surface area (Å²) in [6.45, 7) is 7.65. The van der Waals surface area contributed by atoms with Gasteiger partial charge in [0.15, 0.2) is 0 Å². The van der Waals surface area contributed by atoms with Gasteiger partial charge < -0.3 is 19.4 Å². The summed E-state index contributed by atoms with van der Waals surface area (Å²) in [6.07, 6.45) is 0.409. The van der Waals surface area contributed by atoms with Gasteiger partial charge in [0.05, 0.1) is 13.2 Å². The maximum absolute atomic E-state index is 12.6. The van der Waals surface area contributed by atoms with Gasteiger partial charge in [-0.05, 0) is 61.9 Å². The van der Waals surface area contributed by atoms with E-state index in [2.05, 4.69) is 11.9 Å². The molecule has 0 radical (unpaired) electrons. The minimum absolute atomic E-state index is 0.0834. The van der Waals surface area contributed by atoms with Crippen LogP contribution in [0.15, 0.2) is 52.6 Å². The van der Waals surface area contributed by atoms with Crippen molar-refractivity contribution in [3.8, 4) is 16.9 Å². The Morgan fingerprint density at radius 2 is 1.82 bits per heavy atom. The van der Waals surface area contributed by atoms with Gasteiger partial charge in [0, 0.05) is 28.9 Å². The fraction of sp³-hybridized carbons (Fsp3) is 0.333. The van der Waals surface area contributed by atoms with Gasteiger partial charge in [0.2, 0.25) is 0 Å². The maximum atomic E-state index is 12.6. The molecule has 0 saturated carbocycles. The minimum atomic E-state index is -0.549. The molecule has 2 aromatic carbocycles. The number of pyridine rings is 1. The van der Waals surface area contributed by atoms with Crippen LogP contribution in [0.2, 0.25) is 0 Å². The molecule has 0 bridgehead atoms. The lowest BCUT2D eigenvalue weighted by atomic mass is 9.94. The highest BCUT2D eigenvalue weighted by Crippen LogP contribution is 2.40. The fourth-order valence-electron chi connectivity index (χ4n) is 4.35. The molecule has 1 unspecified atom stereocenters. The number of H-pyrrole nitrogens is 1. The predicted molar refractivity (Wildman–Crippen MR) is 139 cm³/mol. The Bertz CT molecular complexity index is 1400. The lowest BCUT2D eigenvalue weighted by molar-refractivity contribution is 0.0215. The molecule has 0 aliphatic heterocycles. The first-order chi connectivity index (χ1) is 16.1. The topological polar surface area (TPSA) is 71.6 Å². The minimum Gasteiger partial charge on any atom is -0.496 e. The van der Waals surface area contributed by atoms with Crippen molar-refractivity contribution in [1.29, 1.82) is 0 Å². The highest BCUT2D eigenvalue weighted by Gasteiger charge is 2.25. The van der Waals surface area contributed by atoms with E-state index >= 15 is 0 Å². The zero-order valence-corrected chi connectivity index (χ0v) is 21.2. The molecule has 2 aromatic heterocycles. The molecule has 1 N–H and O–H groups in total. The third-order valence-corrected chi connectivity index (χ3v) is 6.81. The molecule has 0 aliphatic rings. The maximum Gasteiger partial charge on any atom is 0.410 e. The summed E-state index contributed by atoms with van der Waals surface area (Å²) in [4.78, 5) is 29.8. The standard InChI is InChI=1S/C27H30N2O4S/c1-7-20(29(5)26(31)33-27(2,3)4)16-8-10-17(11-9-16)22-21(32-6)13-12-19-23(22)18-14-15-34-24(18)25(30)28-19/h8-15,20H,7H2,1-6H3,(H,28,30). The van der Waals surface area contributed by atoms with Crippen molar-refractivity contribution in [2.75, 3.05) is 14.2 Å². The van der Waals surface area contributed by atoms with Crippen LogP contribution in [0.1, 0.15) is 45.7 Å². The third-order valence-electron chi connectivity index (χ3n) is 5.90. The molecule has 1 atom stereocenters. The Morgan fingerprint density at radius 3 is 2.44 bits per heavy atom. The quantitative estimate of drug-likeness (QED) is 0.345. The van der Waals surface area contributed by atoms with Crippen LogP contribution in [0.5, 0.6) is 5.75 Å². The van der Waals surface area contributed by atoms with Crippen LogP contribution in [0.25, 0.3) is 32.1 Å². The highest BCUT2D eigenvalue weighted by molar-refractivity contribution is 7.17. The van der Waals surface area contributed by atoms with E-state index in [1.54, 1.807) is 19.1 Å². The summed E-state index contributed by atoms with van der Waals surface area (Å²) in [5.74, 6) is 0.734. The number of nitrogens with one attached hydrogen (secondary N) is 1. The molecule has 4 rings (SSSR count). The molecule has 7 heteroatoms. The second-order valence-corrected chi connectivity index (χ2v) is 10.2. The smallest absolute Gasteiger partial charge is 0.410 e. The van der Waals surface area contributed by atoms with Crippen molar-refractivity contribution in [3.63, 3.8) is 0 Å². The van der Waals surface area contributed by atoms with E-state index < -0.39 is 5.60 Å². The number of aromatic nitrogens is 1. The third kappa shape index (κ3) is 4.40. The molecule has 6 nitrogen and oxygen atoms in total. The number of thiophene rings is 1.